The second-order valence-electron chi connectivity index (χ2n) is 7.76. The quantitative estimate of drug-likeness (QED) is 0.835. The van der Waals surface area contributed by atoms with E-state index in [0.717, 1.165) is 61.7 Å². The normalized spacial score (nSPS) is 17.4. The number of hydrogen-bond acceptors (Lipinski definition) is 4. The number of para-hydroxylation sites is 1. The van der Waals surface area contributed by atoms with Crippen LogP contribution in [0, 0.1) is 12.8 Å². The van der Waals surface area contributed by atoms with Gasteiger partial charge in [0.25, 0.3) is 0 Å². The number of rotatable bonds is 5. The van der Waals surface area contributed by atoms with E-state index in [2.05, 4.69) is 15.5 Å². The van der Waals surface area contributed by atoms with E-state index in [9.17, 15) is 9.59 Å². The molecular weight excluding hydrogens is 354 g/mol. The van der Waals surface area contributed by atoms with Crippen molar-refractivity contribution in [3.05, 3.63) is 36.0 Å². The van der Waals surface area contributed by atoms with Gasteiger partial charge in [0.05, 0.1) is 11.4 Å². The Bertz CT molecular complexity index is 864. The van der Waals surface area contributed by atoms with Crippen molar-refractivity contribution in [3.63, 3.8) is 0 Å². The Balaban J connectivity index is 1.59. The fraction of sp³-hybridized carbons (Fsp3) is 0.476. The fourth-order valence-corrected chi connectivity index (χ4v) is 3.78. The summed E-state index contributed by atoms with van der Waals surface area (Å²) in [6.07, 6.45) is 3.83. The molecule has 1 aliphatic heterocycles. The van der Waals surface area contributed by atoms with Crippen LogP contribution in [0.15, 0.2) is 30.3 Å². The summed E-state index contributed by atoms with van der Waals surface area (Å²) in [5, 5.41) is 10.8. The predicted octanol–water partition coefficient (Wildman–Crippen LogP) is 2.63. The highest BCUT2D eigenvalue weighted by molar-refractivity contribution is 5.93. The van der Waals surface area contributed by atoms with Crippen molar-refractivity contribution in [1.82, 2.24) is 15.1 Å². The van der Waals surface area contributed by atoms with Gasteiger partial charge in [-0.25, -0.2) is 4.68 Å². The molecule has 1 aliphatic carbocycles. The number of piperidine rings is 1. The van der Waals surface area contributed by atoms with Crippen LogP contribution in [0.5, 0.6) is 0 Å². The first-order valence-corrected chi connectivity index (χ1v) is 10.0. The summed E-state index contributed by atoms with van der Waals surface area (Å²) in [6, 6.07) is 10.3. The zero-order chi connectivity index (χ0) is 19.7. The lowest BCUT2D eigenvalue weighted by Gasteiger charge is -2.33. The topological polar surface area (TPSA) is 79.3 Å². The molecule has 0 radical (unpaired) electrons. The molecule has 0 spiro atoms. The highest BCUT2D eigenvalue weighted by Crippen LogP contribution is 2.35. The standard InChI is InChI=1S/C21H27N5O2/c1-14-19(22-15(2)27)21(26(24-14)18-6-4-3-5-7-18)25-12-10-16(11-13-25)20(28)23-17-8-9-17/h3-7,16-17H,8-13H2,1-2H3,(H,22,27)(H,23,28). The molecule has 2 amide bonds. The van der Waals surface area contributed by atoms with Gasteiger partial charge in [0.2, 0.25) is 11.8 Å². The van der Waals surface area contributed by atoms with E-state index < -0.39 is 0 Å². The number of amides is 2. The van der Waals surface area contributed by atoms with E-state index in [1.165, 1.54) is 6.92 Å². The van der Waals surface area contributed by atoms with Crippen LogP contribution in [0.1, 0.15) is 38.3 Å². The molecule has 1 aromatic carbocycles. The molecule has 2 aromatic rings. The molecule has 0 bridgehead atoms. The third-order valence-electron chi connectivity index (χ3n) is 5.43. The monoisotopic (exact) mass is 381 g/mol. The first-order valence-electron chi connectivity index (χ1n) is 10.0. The number of carbonyl (C=O) groups excluding carboxylic acids is 2. The number of aryl methyl sites for hydroxylation is 1. The van der Waals surface area contributed by atoms with Crippen LogP contribution in [0.2, 0.25) is 0 Å². The second kappa shape index (κ2) is 7.66. The van der Waals surface area contributed by atoms with Gasteiger partial charge >= 0.3 is 0 Å². The number of anilines is 2. The summed E-state index contributed by atoms with van der Waals surface area (Å²) in [5.41, 5.74) is 2.48. The fourth-order valence-electron chi connectivity index (χ4n) is 3.78. The molecule has 28 heavy (non-hydrogen) atoms. The maximum absolute atomic E-state index is 12.4. The summed E-state index contributed by atoms with van der Waals surface area (Å²) in [4.78, 5) is 26.4. The summed E-state index contributed by atoms with van der Waals surface area (Å²) in [7, 11) is 0. The molecule has 0 atom stereocenters. The number of nitrogens with one attached hydrogen (secondary N) is 2. The van der Waals surface area contributed by atoms with Crippen LogP contribution in [0.3, 0.4) is 0 Å². The molecule has 2 fully saturated rings. The van der Waals surface area contributed by atoms with Crippen molar-refractivity contribution in [1.29, 1.82) is 0 Å². The second-order valence-corrected chi connectivity index (χ2v) is 7.76. The molecule has 1 saturated heterocycles. The number of benzene rings is 1. The van der Waals surface area contributed by atoms with Gasteiger partial charge in [-0.15, -0.1) is 0 Å². The van der Waals surface area contributed by atoms with Crippen molar-refractivity contribution >= 4 is 23.3 Å². The van der Waals surface area contributed by atoms with Crippen molar-refractivity contribution in [2.24, 2.45) is 5.92 Å². The molecule has 0 unspecified atom stereocenters. The number of nitrogens with zero attached hydrogens (tertiary/aromatic N) is 3. The molecule has 2 N–H and O–H groups in total. The Hall–Kier alpha value is -2.83. The zero-order valence-corrected chi connectivity index (χ0v) is 16.4. The summed E-state index contributed by atoms with van der Waals surface area (Å²) >= 11 is 0. The Morgan fingerprint density at radius 2 is 1.75 bits per heavy atom. The molecule has 7 nitrogen and oxygen atoms in total. The Morgan fingerprint density at radius 1 is 1.07 bits per heavy atom. The number of carbonyl (C=O) groups is 2. The SMILES string of the molecule is CC(=O)Nc1c(C)nn(-c2ccccc2)c1N1CCC(C(=O)NC2CC2)CC1. The van der Waals surface area contributed by atoms with Gasteiger partial charge in [-0.3, -0.25) is 9.59 Å². The van der Waals surface area contributed by atoms with E-state index in [1.54, 1.807) is 0 Å². The van der Waals surface area contributed by atoms with Gasteiger partial charge < -0.3 is 15.5 Å². The van der Waals surface area contributed by atoms with Crippen LogP contribution in [0.4, 0.5) is 11.5 Å². The number of hydrogen-bond donors (Lipinski definition) is 2. The number of aromatic nitrogens is 2. The Kier molecular flexibility index (Phi) is 5.07. The lowest BCUT2D eigenvalue weighted by molar-refractivity contribution is -0.125. The van der Waals surface area contributed by atoms with E-state index in [4.69, 9.17) is 5.10 Å². The van der Waals surface area contributed by atoms with Crippen molar-refractivity contribution < 1.29 is 9.59 Å². The van der Waals surface area contributed by atoms with Crippen LogP contribution in [-0.2, 0) is 9.59 Å². The molecule has 1 aromatic heterocycles. The first-order chi connectivity index (χ1) is 13.5. The van der Waals surface area contributed by atoms with Crippen LogP contribution in [-0.4, -0.2) is 40.7 Å². The highest BCUT2D eigenvalue weighted by atomic mass is 16.2. The first kappa shape index (κ1) is 18.5. The van der Waals surface area contributed by atoms with Gasteiger partial charge in [0.1, 0.15) is 5.69 Å². The highest BCUT2D eigenvalue weighted by Gasteiger charge is 2.32. The van der Waals surface area contributed by atoms with Crippen molar-refractivity contribution in [3.8, 4) is 5.69 Å². The Morgan fingerprint density at radius 3 is 2.36 bits per heavy atom. The van der Waals surface area contributed by atoms with Crippen molar-refractivity contribution in [2.45, 2.75) is 45.6 Å². The van der Waals surface area contributed by atoms with Gasteiger partial charge in [-0.05, 0) is 44.7 Å². The van der Waals surface area contributed by atoms with E-state index in [0.29, 0.717) is 6.04 Å². The minimum absolute atomic E-state index is 0.0651. The molecule has 1 saturated carbocycles. The minimum atomic E-state index is -0.115. The maximum Gasteiger partial charge on any atom is 0.223 e. The van der Waals surface area contributed by atoms with Gasteiger partial charge in [-0.2, -0.15) is 5.10 Å². The zero-order valence-electron chi connectivity index (χ0n) is 16.4. The van der Waals surface area contributed by atoms with Crippen LogP contribution in [0.25, 0.3) is 5.69 Å². The summed E-state index contributed by atoms with van der Waals surface area (Å²) in [6.45, 7) is 4.93. The third-order valence-corrected chi connectivity index (χ3v) is 5.43. The molecule has 4 rings (SSSR count). The van der Waals surface area contributed by atoms with E-state index in [-0.39, 0.29) is 17.7 Å². The smallest absolute Gasteiger partial charge is 0.223 e. The van der Waals surface area contributed by atoms with Crippen LogP contribution < -0.4 is 15.5 Å². The van der Waals surface area contributed by atoms with E-state index in [1.807, 2.05) is 41.9 Å². The minimum Gasteiger partial charge on any atom is -0.355 e. The maximum atomic E-state index is 12.4. The summed E-state index contributed by atoms with van der Waals surface area (Å²) in [5.74, 6) is 1.03. The molecule has 7 heteroatoms. The molecular formula is C21H27N5O2. The molecule has 2 aliphatic rings. The van der Waals surface area contributed by atoms with Crippen LogP contribution >= 0.6 is 0 Å². The Labute approximate surface area is 165 Å². The van der Waals surface area contributed by atoms with E-state index >= 15 is 0 Å². The largest absolute Gasteiger partial charge is 0.355 e. The lowest BCUT2D eigenvalue weighted by Crippen LogP contribution is -2.42. The van der Waals surface area contributed by atoms with Gasteiger partial charge in [0, 0.05) is 32.0 Å². The van der Waals surface area contributed by atoms with Crippen molar-refractivity contribution in [2.75, 3.05) is 23.3 Å². The molecule has 2 heterocycles. The van der Waals surface area contributed by atoms with Gasteiger partial charge in [0.15, 0.2) is 5.82 Å². The average Bonchev–Trinajstić information content (AvgIpc) is 3.45. The lowest BCUT2D eigenvalue weighted by atomic mass is 9.95. The average molecular weight is 381 g/mol. The predicted molar refractivity (Wildman–Crippen MR) is 109 cm³/mol. The third kappa shape index (κ3) is 3.88. The summed E-state index contributed by atoms with van der Waals surface area (Å²) < 4.78 is 1.89. The molecule has 148 valence electrons. The van der Waals surface area contributed by atoms with Gasteiger partial charge in [-0.1, -0.05) is 18.2 Å².